The number of benzene rings is 1. The summed E-state index contributed by atoms with van der Waals surface area (Å²) in [5.74, 6) is 0.824. The van der Waals surface area contributed by atoms with E-state index in [-0.39, 0.29) is 0 Å². The van der Waals surface area contributed by atoms with Gasteiger partial charge in [-0.05, 0) is 28.4 Å². The number of methoxy groups -OCH3 is 1. The molecule has 90 valence electrons. The molecule has 0 aliphatic heterocycles. The van der Waals surface area contributed by atoms with E-state index in [9.17, 15) is 4.80 Å². The molecule has 0 atom stereocenters. The van der Waals surface area contributed by atoms with E-state index in [1.165, 1.54) is 0 Å². The van der Waals surface area contributed by atoms with Crippen molar-refractivity contribution in [1.82, 2.24) is 0 Å². The summed E-state index contributed by atoms with van der Waals surface area (Å²) in [4.78, 5) is 10.9. The van der Waals surface area contributed by atoms with Crippen molar-refractivity contribution >= 4 is 13.5 Å². The Balaban J connectivity index is 3.21. The molecular formula is C13H22O2Si. The van der Waals surface area contributed by atoms with Crippen LogP contribution in [0.1, 0.15) is 27.7 Å². The van der Waals surface area contributed by atoms with Crippen molar-refractivity contribution in [3.63, 3.8) is 0 Å². The predicted molar refractivity (Wildman–Crippen MR) is 70.8 cm³/mol. The van der Waals surface area contributed by atoms with Crippen LogP contribution in [-0.4, -0.2) is 20.2 Å². The van der Waals surface area contributed by atoms with Crippen molar-refractivity contribution in [2.75, 3.05) is 7.11 Å². The first kappa shape index (κ1) is 13.3. The second kappa shape index (κ2) is 5.02. The highest BCUT2D eigenvalue weighted by atomic mass is 28.4. The molecule has 0 unspecified atom stereocenters. The number of hydrogen-bond donors (Lipinski definition) is 1. The van der Waals surface area contributed by atoms with Crippen LogP contribution in [0.5, 0.6) is 5.75 Å². The van der Waals surface area contributed by atoms with Crippen LogP contribution in [0, 0.1) is 0 Å². The fraction of sp³-hybridized carbons (Fsp3) is 0.538. The topological polar surface area (TPSA) is 29.5 Å². The predicted octanol–water partition coefficient (Wildman–Crippen LogP) is 2.66. The van der Waals surface area contributed by atoms with Crippen LogP contribution < -0.4 is 9.92 Å². The Kier molecular flexibility index (Phi) is 4.16. The van der Waals surface area contributed by atoms with E-state index in [1.807, 2.05) is 24.3 Å². The van der Waals surface area contributed by atoms with Crippen LogP contribution in [0.4, 0.5) is 0 Å². The molecule has 0 fully saturated rings. The molecule has 0 amide bonds. The third-order valence-corrected chi connectivity index (χ3v) is 8.05. The van der Waals surface area contributed by atoms with Crippen molar-refractivity contribution in [3.8, 4) is 5.75 Å². The zero-order valence-electron chi connectivity index (χ0n) is 10.8. The van der Waals surface area contributed by atoms with Gasteiger partial charge in [-0.2, -0.15) is 0 Å². The van der Waals surface area contributed by atoms with Gasteiger partial charge in [0.1, 0.15) is 5.75 Å². The van der Waals surface area contributed by atoms with Gasteiger partial charge in [-0.15, -0.1) is 0 Å². The van der Waals surface area contributed by atoms with E-state index < -0.39 is 8.32 Å². The molecule has 0 saturated carbocycles. The minimum Gasteiger partial charge on any atom is -0.497 e. The monoisotopic (exact) mass is 238 g/mol. The summed E-state index contributed by atoms with van der Waals surface area (Å²) in [5, 5.41) is 1.07. The Labute approximate surface area is 99.4 Å². The fourth-order valence-electron chi connectivity index (χ4n) is 2.21. The largest absolute Gasteiger partial charge is 0.497 e. The fourth-order valence-corrected chi connectivity index (χ4v) is 5.61. The van der Waals surface area contributed by atoms with Crippen molar-refractivity contribution in [2.24, 2.45) is 0 Å². The molecule has 0 radical (unpaired) electrons. The smallest absolute Gasteiger partial charge is 0.225 e. The highest BCUT2D eigenvalue weighted by molar-refractivity contribution is 6.87. The summed E-state index contributed by atoms with van der Waals surface area (Å²) in [5.41, 5.74) is 0.610. The average molecular weight is 238 g/mol. The summed E-state index contributed by atoms with van der Waals surface area (Å²) >= 11 is 0. The van der Waals surface area contributed by atoms with Gasteiger partial charge < -0.3 is 9.53 Å². The lowest BCUT2D eigenvalue weighted by atomic mass is 10.3. The molecule has 1 rings (SSSR count). The summed E-state index contributed by atoms with van der Waals surface area (Å²) in [6.45, 7) is 8.41. The standard InChI is InChI=1S/C13H22O2Si/c1-10(2)16(14,11(3)4)13-8-6-7-12(9-13)15-5/h6-11,14H,1-5H3. The highest BCUT2D eigenvalue weighted by Crippen LogP contribution is 2.30. The maximum atomic E-state index is 10.9. The zero-order valence-corrected chi connectivity index (χ0v) is 11.8. The minimum absolute atomic E-state index is 0.305. The summed E-state index contributed by atoms with van der Waals surface area (Å²) in [6.07, 6.45) is 0. The average Bonchev–Trinajstić information content (AvgIpc) is 2.27. The van der Waals surface area contributed by atoms with Gasteiger partial charge in [-0.25, -0.2) is 0 Å². The van der Waals surface area contributed by atoms with Crippen LogP contribution >= 0.6 is 0 Å². The van der Waals surface area contributed by atoms with E-state index >= 15 is 0 Å². The molecule has 1 aromatic carbocycles. The quantitative estimate of drug-likeness (QED) is 0.817. The van der Waals surface area contributed by atoms with Gasteiger partial charge in [0, 0.05) is 0 Å². The summed E-state index contributed by atoms with van der Waals surface area (Å²) < 4.78 is 5.22. The maximum absolute atomic E-state index is 10.9. The zero-order chi connectivity index (χ0) is 12.3. The molecule has 0 saturated heterocycles. The second-order valence-corrected chi connectivity index (χ2v) is 9.40. The molecule has 0 aliphatic rings. The van der Waals surface area contributed by atoms with Gasteiger partial charge in [0.25, 0.3) is 0 Å². The van der Waals surface area contributed by atoms with E-state index in [2.05, 4.69) is 27.7 Å². The van der Waals surface area contributed by atoms with Crippen LogP contribution in [0.3, 0.4) is 0 Å². The first-order valence-corrected chi connectivity index (χ1v) is 7.90. The van der Waals surface area contributed by atoms with E-state index in [1.54, 1.807) is 7.11 Å². The second-order valence-electron chi connectivity index (χ2n) is 4.87. The van der Waals surface area contributed by atoms with Crippen LogP contribution in [0.15, 0.2) is 24.3 Å². The molecule has 0 aromatic heterocycles. The maximum Gasteiger partial charge on any atom is 0.225 e. The number of hydrogen-bond acceptors (Lipinski definition) is 2. The SMILES string of the molecule is COc1cccc([Si](O)(C(C)C)C(C)C)c1. The summed E-state index contributed by atoms with van der Waals surface area (Å²) in [7, 11) is -0.751. The third kappa shape index (κ3) is 2.30. The molecule has 0 spiro atoms. The Bertz CT molecular complexity index is 340. The molecular weight excluding hydrogens is 216 g/mol. The van der Waals surface area contributed by atoms with Crippen molar-refractivity contribution in [1.29, 1.82) is 0 Å². The molecule has 2 nitrogen and oxygen atoms in total. The number of rotatable bonds is 4. The minimum atomic E-state index is -2.41. The van der Waals surface area contributed by atoms with E-state index in [0.717, 1.165) is 10.9 Å². The Hall–Kier alpha value is -0.803. The normalized spacial score (nSPS) is 12.2. The molecule has 0 aliphatic carbocycles. The Morgan fingerprint density at radius 2 is 1.69 bits per heavy atom. The third-order valence-electron chi connectivity index (χ3n) is 3.29. The van der Waals surface area contributed by atoms with Crippen molar-refractivity contribution in [2.45, 2.75) is 38.8 Å². The molecule has 1 aromatic rings. The van der Waals surface area contributed by atoms with Gasteiger partial charge in [-0.1, -0.05) is 39.8 Å². The lowest BCUT2D eigenvalue weighted by molar-refractivity contribution is 0.415. The van der Waals surface area contributed by atoms with Gasteiger partial charge >= 0.3 is 0 Å². The van der Waals surface area contributed by atoms with Gasteiger partial charge in [0.15, 0.2) is 0 Å². The number of ether oxygens (including phenoxy) is 1. The van der Waals surface area contributed by atoms with Crippen molar-refractivity contribution in [3.05, 3.63) is 24.3 Å². The van der Waals surface area contributed by atoms with Crippen LogP contribution in [-0.2, 0) is 0 Å². The molecule has 3 heteroatoms. The van der Waals surface area contributed by atoms with E-state index in [4.69, 9.17) is 4.74 Å². The first-order chi connectivity index (χ1) is 7.42. The molecule has 1 N–H and O–H groups in total. The van der Waals surface area contributed by atoms with Gasteiger partial charge in [-0.3, -0.25) is 0 Å². The van der Waals surface area contributed by atoms with Crippen molar-refractivity contribution < 1.29 is 9.53 Å². The van der Waals surface area contributed by atoms with Gasteiger partial charge in [0.2, 0.25) is 8.32 Å². The Morgan fingerprint density at radius 1 is 1.12 bits per heavy atom. The summed E-state index contributed by atoms with van der Waals surface area (Å²) in [6, 6.07) is 7.87. The highest BCUT2D eigenvalue weighted by Gasteiger charge is 2.40. The molecule has 0 heterocycles. The van der Waals surface area contributed by atoms with E-state index in [0.29, 0.717) is 11.1 Å². The molecule has 0 bridgehead atoms. The van der Waals surface area contributed by atoms with Gasteiger partial charge in [0.05, 0.1) is 7.11 Å². The van der Waals surface area contributed by atoms with Crippen LogP contribution in [0.25, 0.3) is 0 Å². The Morgan fingerprint density at radius 3 is 2.12 bits per heavy atom. The first-order valence-electron chi connectivity index (χ1n) is 5.79. The lowest BCUT2D eigenvalue weighted by Crippen LogP contribution is -2.53. The lowest BCUT2D eigenvalue weighted by Gasteiger charge is -2.33. The van der Waals surface area contributed by atoms with Crippen LogP contribution in [0.2, 0.25) is 11.1 Å². The molecule has 16 heavy (non-hydrogen) atoms.